The molecule has 0 spiro atoms. The van der Waals surface area contributed by atoms with Gasteiger partial charge in [-0.1, -0.05) is 30.3 Å². The molecule has 2 bridgehead atoms. The van der Waals surface area contributed by atoms with Gasteiger partial charge in [-0.3, -0.25) is 9.79 Å². The van der Waals surface area contributed by atoms with Crippen LogP contribution in [-0.4, -0.2) is 54.5 Å². The van der Waals surface area contributed by atoms with Crippen molar-refractivity contribution in [1.29, 1.82) is 5.26 Å². The van der Waals surface area contributed by atoms with Gasteiger partial charge in [-0.25, -0.2) is 9.37 Å². The van der Waals surface area contributed by atoms with E-state index < -0.39 is 34.3 Å². The van der Waals surface area contributed by atoms with E-state index in [-0.39, 0.29) is 35.4 Å². The SMILES string of the molecule is COC(=O)C12CCC(Oc3ccc(Oc4c(F)cnc(Oc5cc(C#N)ccc5OCc5ccccc5)c4F)c(C4=NCCN4C)c3)(CC1)C2. The van der Waals surface area contributed by atoms with Crippen molar-refractivity contribution in [2.24, 2.45) is 10.4 Å². The van der Waals surface area contributed by atoms with Crippen LogP contribution in [0.5, 0.6) is 34.6 Å². The first kappa shape index (κ1) is 32.8. The van der Waals surface area contributed by atoms with Crippen LogP contribution in [0.1, 0.15) is 48.8 Å². The smallest absolute Gasteiger partial charge is 0.311 e. The number of benzene rings is 3. The lowest BCUT2D eigenvalue weighted by Gasteiger charge is -2.29. The lowest BCUT2D eigenvalue weighted by Crippen LogP contribution is -2.30. The van der Waals surface area contributed by atoms with Crippen LogP contribution < -0.4 is 18.9 Å². The van der Waals surface area contributed by atoms with E-state index in [4.69, 9.17) is 23.7 Å². The molecule has 0 amide bonds. The predicted molar refractivity (Wildman–Crippen MR) is 178 cm³/mol. The molecule has 0 saturated heterocycles. The average molecular weight is 681 g/mol. The van der Waals surface area contributed by atoms with E-state index in [1.165, 1.54) is 19.2 Å². The third-order valence-corrected chi connectivity index (χ3v) is 9.61. The van der Waals surface area contributed by atoms with Crippen molar-refractivity contribution in [3.63, 3.8) is 0 Å². The second-order valence-electron chi connectivity index (χ2n) is 12.8. The Labute approximate surface area is 287 Å². The number of carbonyl (C=O) groups excluding carboxylic acids is 1. The van der Waals surface area contributed by atoms with Crippen LogP contribution in [0, 0.1) is 28.4 Å². The summed E-state index contributed by atoms with van der Waals surface area (Å²) in [5.74, 6) is -2.27. The summed E-state index contributed by atoms with van der Waals surface area (Å²) in [6.45, 7) is 1.37. The lowest BCUT2D eigenvalue weighted by atomic mass is 9.84. The highest BCUT2D eigenvalue weighted by Gasteiger charge is 2.60. The van der Waals surface area contributed by atoms with Gasteiger partial charge in [-0.15, -0.1) is 0 Å². The number of ether oxygens (including phenoxy) is 5. The summed E-state index contributed by atoms with van der Waals surface area (Å²) in [7, 11) is 3.28. The topological polar surface area (TPSA) is 116 Å². The Morgan fingerprint density at radius 1 is 0.980 bits per heavy atom. The van der Waals surface area contributed by atoms with Gasteiger partial charge in [-0.05, 0) is 61.6 Å². The van der Waals surface area contributed by atoms with Crippen LogP contribution in [0.4, 0.5) is 8.78 Å². The summed E-state index contributed by atoms with van der Waals surface area (Å²) >= 11 is 0. The quantitative estimate of drug-likeness (QED) is 0.150. The van der Waals surface area contributed by atoms with Crippen LogP contribution in [0.2, 0.25) is 0 Å². The number of aromatic nitrogens is 1. The molecule has 3 aromatic carbocycles. The third-order valence-electron chi connectivity index (χ3n) is 9.61. The second kappa shape index (κ2) is 13.3. The molecule has 3 aliphatic rings. The summed E-state index contributed by atoms with van der Waals surface area (Å²) in [5, 5.41) is 9.49. The molecule has 1 aliphatic heterocycles. The van der Waals surface area contributed by atoms with Gasteiger partial charge in [-0.2, -0.15) is 9.65 Å². The molecule has 0 unspecified atom stereocenters. The standard InChI is InChI=1S/C38H34F2N4O6/c1-44-17-16-42-34(44)27-19-26(50-38-14-12-37(23-38,13-15-38)36(45)46-2)9-11-29(27)48-33-28(39)21-43-35(32(33)40)49-31-18-25(20-41)8-10-30(31)47-22-24-6-4-3-5-7-24/h3-11,18-19,21H,12-17,22-23H2,1-2H3. The summed E-state index contributed by atoms with van der Waals surface area (Å²) in [5.41, 5.74) is 0.557. The summed E-state index contributed by atoms with van der Waals surface area (Å²) < 4.78 is 60.7. The van der Waals surface area contributed by atoms with E-state index in [0.29, 0.717) is 62.3 Å². The molecule has 256 valence electrons. The molecule has 50 heavy (non-hydrogen) atoms. The number of nitrogens with zero attached hydrogens (tertiary/aromatic N) is 4. The first-order chi connectivity index (χ1) is 24.2. The average Bonchev–Trinajstić information content (AvgIpc) is 3.85. The molecule has 2 fully saturated rings. The first-order valence-corrected chi connectivity index (χ1v) is 16.3. The molecule has 0 N–H and O–H groups in total. The Hall–Kier alpha value is -5.70. The van der Waals surface area contributed by atoms with Gasteiger partial charge in [0.15, 0.2) is 17.3 Å². The summed E-state index contributed by atoms with van der Waals surface area (Å²) in [6, 6.07) is 20.9. The van der Waals surface area contributed by atoms with Crippen molar-refractivity contribution in [2.45, 2.75) is 44.3 Å². The van der Waals surface area contributed by atoms with Crippen molar-refractivity contribution in [3.8, 4) is 40.7 Å². The molecular weight excluding hydrogens is 646 g/mol. The highest BCUT2D eigenvalue weighted by Crippen LogP contribution is 2.58. The number of nitriles is 1. The molecule has 0 atom stereocenters. The van der Waals surface area contributed by atoms with E-state index in [1.807, 2.05) is 48.3 Å². The first-order valence-electron chi connectivity index (χ1n) is 16.3. The van der Waals surface area contributed by atoms with Gasteiger partial charge in [0, 0.05) is 26.1 Å². The number of likely N-dealkylation sites (N-methyl/N-ethyl adjacent to an activating group) is 1. The number of fused-ring (bicyclic) bond motifs is 2. The van der Waals surface area contributed by atoms with Gasteiger partial charge in [0.25, 0.3) is 5.88 Å². The predicted octanol–water partition coefficient (Wildman–Crippen LogP) is 7.34. The largest absolute Gasteiger partial charge is 0.487 e. The van der Waals surface area contributed by atoms with Crippen LogP contribution in [0.15, 0.2) is 77.9 Å². The highest BCUT2D eigenvalue weighted by atomic mass is 19.1. The van der Waals surface area contributed by atoms with E-state index in [0.717, 1.165) is 11.8 Å². The Balaban J connectivity index is 1.17. The zero-order chi connectivity index (χ0) is 34.9. The monoisotopic (exact) mass is 680 g/mol. The van der Waals surface area contributed by atoms with Crippen LogP contribution in [-0.2, 0) is 16.1 Å². The van der Waals surface area contributed by atoms with Crippen LogP contribution >= 0.6 is 0 Å². The van der Waals surface area contributed by atoms with Crippen molar-refractivity contribution in [3.05, 3.63) is 101 Å². The minimum absolute atomic E-state index is 0.0162. The number of esters is 1. The molecule has 7 rings (SSSR count). The third kappa shape index (κ3) is 6.27. The van der Waals surface area contributed by atoms with Gasteiger partial charge in [0.1, 0.15) is 29.5 Å². The Morgan fingerprint density at radius 3 is 2.48 bits per heavy atom. The van der Waals surface area contributed by atoms with E-state index >= 15 is 8.78 Å². The number of hydrogen-bond donors (Lipinski definition) is 0. The maximum atomic E-state index is 16.1. The Morgan fingerprint density at radius 2 is 1.76 bits per heavy atom. The summed E-state index contributed by atoms with van der Waals surface area (Å²) in [6.07, 6.45) is 4.17. The van der Waals surface area contributed by atoms with Gasteiger partial charge in [0.2, 0.25) is 11.6 Å². The fourth-order valence-electron chi connectivity index (χ4n) is 7.02. The van der Waals surface area contributed by atoms with E-state index in [9.17, 15) is 10.1 Å². The second-order valence-corrected chi connectivity index (χ2v) is 12.8. The van der Waals surface area contributed by atoms with Crippen LogP contribution in [0.3, 0.4) is 0 Å². The normalized spacial score (nSPS) is 20.6. The molecule has 4 aromatic rings. The lowest BCUT2D eigenvalue weighted by molar-refractivity contribution is -0.152. The fraction of sp³-hybridized carbons (Fsp3) is 0.316. The summed E-state index contributed by atoms with van der Waals surface area (Å²) in [4.78, 5) is 23.0. The molecule has 2 saturated carbocycles. The van der Waals surface area contributed by atoms with E-state index in [2.05, 4.69) is 9.98 Å². The molecular formula is C38H34F2N4O6. The number of halogens is 2. The maximum Gasteiger partial charge on any atom is 0.311 e. The Kier molecular flexibility index (Phi) is 8.74. The van der Waals surface area contributed by atoms with Gasteiger partial charge in [0.05, 0.1) is 42.5 Å². The number of carbonyl (C=O) groups is 1. The molecule has 2 heterocycles. The number of aliphatic imine (C=N–C) groups is 1. The molecule has 0 radical (unpaired) electrons. The van der Waals surface area contributed by atoms with Crippen molar-refractivity contribution in [2.75, 3.05) is 27.2 Å². The number of rotatable bonds is 11. The number of methoxy groups -OCH3 is 1. The Bertz CT molecular complexity index is 2010. The van der Waals surface area contributed by atoms with Crippen molar-refractivity contribution < 1.29 is 37.3 Å². The van der Waals surface area contributed by atoms with Gasteiger partial charge < -0.3 is 28.6 Å². The van der Waals surface area contributed by atoms with Gasteiger partial charge >= 0.3 is 5.97 Å². The van der Waals surface area contributed by atoms with E-state index in [1.54, 1.807) is 24.3 Å². The molecule has 2 aliphatic carbocycles. The maximum absolute atomic E-state index is 16.1. The molecule has 1 aromatic heterocycles. The number of pyridine rings is 1. The highest BCUT2D eigenvalue weighted by molar-refractivity contribution is 6.02. The fourth-order valence-corrected chi connectivity index (χ4v) is 7.02. The zero-order valence-corrected chi connectivity index (χ0v) is 27.6. The minimum Gasteiger partial charge on any atom is -0.487 e. The molecule has 12 heteroatoms. The van der Waals surface area contributed by atoms with Crippen LogP contribution in [0.25, 0.3) is 0 Å². The van der Waals surface area contributed by atoms with Crippen molar-refractivity contribution in [1.82, 2.24) is 9.88 Å². The number of hydrogen-bond acceptors (Lipinski definition) is 10. The number of amidine groups is 1. The molecule has 10 nitrogen and oxygen atoms in total. The zero-order valence-electron chi connectivity index (χ0n) is 27.6. The van der Waals surface area contributed by atoms with Crippen molar-refractivity contribution >= 4 is 11.8 Å². The minimum atomic E-state index is -1.19.